The van der Waals surface area contributed by atoms with E-state index in [1.165, 1.54) is 308 Å². The fraction of sp³-hybridized carbons (Fsp3) is 0.868. The maximum absolute atomic E-state index is 12.4. The molecule has 6 heteroatoms. The number of carbonyl (C=O) groups excluding carboxylic acids is 2. The molecule has 0 fully saturated rings. The predicted octanol–water partition coefficient (Wildman–Crippen LogP) is 24.0. The number of unbranched alkanes of at least 4 members (excludes halogenated alkanes) is 50. The van der Waals surface area contributed by atoms with Crippen LogP contribution in [0.25, 0.3) is 0 Å². The topological polar surface area (TPSA) is 95.9 Å². The minimum Gasteiger partial charge on any atom is -0.466 e. The van der Waals surface area contributed by atoms with Gasteiger partial charge in [0.2, 0.25) is 5.91 Å². The molecule has 1 amide bonds. The molecular weight excluding hydrogens is 1010 g/mol. The van der Waals surface area contributed by atoms with Crippen LogP contribution in [0.4, 0.5) is 0 Å². The second-order valence-electron chi connectivity index (χ2n) is 25.3. The Balaban J connectivity index is 3.33. The van der Waals surface area contributed by atoms with E-state index in [4.69, 9.17) is 4.74 Å². The second kappa shape index (κ2) is 71.3. The van der Waals surface area contributed by atoms with Gasteiger partial charge in [-0.05, 0) is 89.9 Å². The molecule has 6 nitrogen and oxygen atoms in total. The predicted molar refractivity (Wildman–Crippen MR) is 361 cm³/mol. The smallest absolute Gasteiger partial charge is 0.305 e. The van der Waals surface area contributed by atoms with Crippen LogP contribution in [0.15, 0.2) is 48.6 Å². The standard InChI is InChI=1S/C76H143NO5/c1-3-5-7-9-11-13-14-15-16-17-37-41-44-47-50-54-58-62-66-70-76(81)82-71-67-63-59-55-51-48-45-42-39-36-34-32-30-28-26-24-22-20-18-19-21-23-25-27-29-31-33-35-38-40-43-46-49-53-57-61-65-69-75(80)77-73(72-78)74(79)68-64-60-56-52-12-10-8-6-4-2/h11,13,15-16,18,20,24,26,73-74,78-79H,3-10,12,14,17,19,21-23,25,27-72H2,1-2H3,(H,77,80)/b13-11-,16-15-,20-18-,26-24-. The van der Waals surface area contributed by atoms with Crippen molar-refractivity contribution in [1.29, 1.82) is 0 Å². The molecule has 0 aromatic rings. The van der Waals surface area contributed by atoms with Crippen molar-refractivity contribution in [1.82, 2.24) is 5.32 Å². The first-order valence-corrected chi connectivity index (χ1v) is 36.9. The number of aliphatic hydroxyl groups excluding tert-OH is 2. The van der Waals surface area contributed by atoms with Crippen LogP contribution in [0.1, 0.15) is 399 Å². The quantitative estimate of drug-likeness (QED) is 0.0320. The van der Waals surface area contributed by atoms with Gasteiger partial charge in [-0.15, -0.1) is 0 Å². The lowest BCUT2D eigenvalue weighted by Gasteiger charge is -2.22. The minimum atomic E-state index is -0.660. The summed E-state index contributed by atoms with van der Waals surface area (Å²) in [4.78, 5) is 24.5. The number of hydrogen-bond donors (Lipinski definition) is 3. The van der Waals surface area contributed by atoms with Gasteiger partial charge in [-0.3, -0.25) is 9.59 Å². The molecule has 82 heavy (non-hydrogen) atoms. The lowest BCUT2D eigenvalue weighted by Crippen LogP contribution is -2.45. The first-order valence-electron chi connectivity index (χ1n) is 36.9. The SMILES string of the molecule is CCCCC/C=C\C/C=C\CCCCCCCCCCCC(=O)OCCCCCCCCCCCCCCC/C=C\C/C=C\CCCCCCCCCCCCCCCCCCCC(=O)NC(CO)C(O)CCCCCCCCCCC. The van der Waals surface area contributed by atoms with Crippen molar-refractivity contribution in [2.45, 2.75) is 411 Å². The summed E-state index contributed by atoms with van der Waals surface area (Å²) in [5.41, 5.74) is 0. The molecule has 0 rings (SSSR count). The highest BCUT2D eigenvalue weighted by atomic mass is 16.5. The molecule has 0 aromatic heterocycles. The number of nitrogens with one attached hydrogen (secondary N) is 1. The van der Waals surface area contributed by atoms with Gasteiger partial charge in [0.25, 0.3) is 0 Å². The Hall–Kier alpha value is -2.18. The van der Waals surface area contributed by atoms with E-state index in [1.54, 1.807) is 0 Å². The van der Waals surface area contributed by atoms with Gasteiger partial charge in [-0.25, -0.2) is 0 Å². The molecule has 0 aliphatic heterocycles. The van der Waals surface area contributed by atoms with Crippen LogP contribution in [0, 0.1) is 0 Å². The zero-order valence-corrected chi connectivity index (χ0v) is 55.2. The van der Waals surface area contributed by atoms with Crippen molar-refractivity contribution in [2.24, 2.45) is 0 Å². The summed E-state index contributed by atoms with van der Waals surface area (Å²) >= 11 is 0. The zero-order valence-electron chi connectivity index (χ0n) is 55.2. The van der Waals surface area contributed by atoms with Crippen molar-refractivity contribution >= 4 is 11.9 Å². The number of aliphatic hydroxyl groups is 2. The number of hydrogen-bond acceptors (Lipinski definition) is 5. The number of rotatable bonds is 69. The largest absolute Gasteiger partial charge is 0.466 e. The fourth-order valence-corrected chi connectivity index (χ4v) is 11.5. The van der Waals surface area contributed by atoms with E-state index in [9.17, 15) is 19.8 Å². The monoisotopic (exact) mass is 1150 g/mol. The molecule has 0 heterocycles. The van der Waals surface area contributed by atoms with Gasteiger partial charge in [0.1, 0.15) is 0 Å². The van der Waals surface area contributed by atoms with E-state index in [1.807, 2.05) is 0 Å². The Bertz CT molecular complexity index is 1370. The summed E-state index contributed by atoms with van der Waals surface area (Å²) in [5.74, 6) is -0.0183. The average Bonchev–Trinajstić information content (AvgIpc) is 3.48. The Morgan fingerprint density at radius 1 is 0.341 bits per heavy atom. The van der Waals surface area contributed by atoms with E-state index in [0.29, 0.717) is 25.9 Å². The number of allylic oxidation sites excluding steroid dienone is 8. The van der Waals surface area contributed by atoms with Crippen molar-refractivity contribution < 1.29 is 24.5 Å². The number of esters is 1. The van der Waals surface area contributed by atoms with Gasteiger partial charge in [-0.2, -0.15) is 0 Å². The summed E-state index contributed by atoms with van der Waals surface area (Å²) in [6.45, 7) is 4.93. The van der Waals surface area contributed by atoms with Crippen LogP contribution in [-0.2, 0) is 14.3 Å². The lowest BCUT2D eigenvalue weighted by atomic mass is 10.0. The molecule has 0 aliphatic rings. The van der Waals surface area contributed by atoms with Crippen LogP contribution < -0.4 is 5.32 Å². The summed E-state index contributed by atoms with van der Waals surface area (Å²) < 4.78 is 5.51. The van der Waals surface area contributed by atoms with E-state index in [-0.39, 0.29) is 18.5 Å². The maximum atomic E-state index is 12.4. The van der Waals surface area contributed by atoms with Crippen molar-refractivity contribution in [3.05, 3.63) is 48.6 Å². The van der Waals surface area contributed by atoms with Gasteiger partial charge >= 0.3 is 5.97 Å². The lowest BCUT2D eigenvalue weighted by molar-refractivity contribution is -0.143. The van der Waals surface area contributed by atoms with Crippen molar-refractivity contribution in [2.75, 3.05) is 13.2 Å². The molecule has 3 N–H and O–H groups in total. The van der Waals surface area contributed by atoms with E-state index < -0.39 is 12.1 Å². The third-order valence-electron chi connectivity index (χ3n) is 17.1. The molecule has 0 spiro atoms. The summed E-state index contributed by atoms with van der Waals surface area (Å²) in [6.07, 6.45) is 93.4. The highest BCUT2D eigenvalue weighted by molar-refractivity contribution is 5.76. The first kappa shape index (κ1) is 79.8. The molecule has 0 radical (unpaired) electrons. The zero-order chi connectivity index (χ0) is 59.2. The normalized spacial score (nSPS) is 12.8. The summed E-state index contributed by atoms with van der Waals surface area (Å²) in [6, 6.07) is -0.537. The van der Waals surface area contributed by atoms with Gasteiger partial charge in [0.05, 0.1) is 25.4 Å². The highest BCUT2D eigenvalue weighted by Crippen LogP contribution is 2.19. The van der Waals surface area contributed by atoms with E-state index >= 15 is 0 Å². The Morgan fingerprint density at radius 3 is 0.951 bits per heavy atom. The van der Waals surface area contributed by atoms with Gasteiger partial charge in [0, 0.05) is 12.8 Å². The van der Waals surface area contributed by atoms with Gasteiger partial charge in [-0.1, -0.05) is 345 Å². The van der Waals surface area contributed by atoms with Crippen molar-refractivity contribution in [3.8, 4) is 0 Å². The van der Waals surface area contributed by atoms with Crippen LogP contribution >= 0.6 is 0 Å². The molecule has 2 atom stereocenters. The molecule has 0 bridgehead atoms. The third kappa shape index (κ3) is 67.0. The molecule has 0 saturated heterocycles. The Kier molecular flexibility index (Phi) is 69.4. The third-order valence-corrected chi connectivity index (χ3v) is 17.1. The van der Waals surface area contributed by atoms with Crippen LogP contribution in [0.3, 0.4) is 0 Å². The van der Waals surface area contributed by atoms with E-state index in [0.717, 1.165) is 57.8 Å². The maximum Gasteiger partial charge on any atom is 0.305 e. The molecule has 0 saturated carbocycles. The number of amides is 1. The van der Waals surface area contributed by atoms with Crippen LogP contribution in [0.2, 0.25) is 0 Å². The van der Waals surface area contributed by atoms with Crippen LogP contribution in [0.5, 0.6) is 0 Å². The average molecular weight is 1150 g/mol. The Labute approximate surface area is 512 Å². The van der Waals surface area contributed by atoms with Gasteiger partial charge in [0.15, 0.2) is 0 Å². The molecule has 0 aromatic carbocycles. The number of carbonyl (C=O) groups is 2. The van der Waals surface area contributed by atoms with Gasteiger partial charge < -0.3 is 20.3 Å². The highest BCUT2D eigenvalue weighted by Gasteiger charge is 2.20. The molecule has 482 valence electrons. The second-order valence-corrected chi connectivity index (χ2v) is 25.3. The van der Waals surface area contributed by atoms with Crippen LogP contribution in [-0.4, -0.2) is 47.4 Å². The van der Waals surface area contributed by atoms with Crippen molar-refractivity contribution in [3.63, 3.8) is 0 Å². The molecule has 0 aliphatic carbocycles. The first-order chi connectivity index (χ1) is 40.5. The number of ether oxygens (including phenoxy) is 1. The molecule has 2 unspecified atom stereocenters. The summed E-state index contributed by atoms with van der Waals surface area (Å²) in [5, 5.41) is 23.2. The molecular formula is C76H143NO5. The summed E-state index contributed by atoms with van der Waals surface area (Å²) in [7, 11) is 0. The Morgan fingerprint density at radius 2 is 0.610 bits per heavy atom. The van der Waals surface area contributed by atoms with E-state index in [2.05, 4.69) is 67.8 Å². The minimum absolute atomic E-state index is 0.0151. The fourth-order valence-electron chi connectivity index (χ4n) is 11.5.